The monoisotopic (exact) mass is 283 g/mol. The molecule has 112 valence electrons. The van der Waals surface area contributed by atoms with Crippen molar-refractivity contribution < 1.29 is 19.0 Å². The van der Waals surface area contributed by atoms with Crippen LogP contribution < -0.4 is 5.32 Å². The van der Waals surface area contributed by atoms with Crippen LogP contribution >= 0.6 is 0 Å². The highest BCUT2D eigenvalue weighted by molar-refractivity contribution is 5.99. The number of ether oxygens (including phenoxy) is 1. The molecule has 1 aromatic carbocycles. The van der Waals surface area contributed by atoms with Gasteiger partial charge in [0, 0.05) is 18.2 Å². The molecule has 2 atom stereocenters. The van der Waals surface area contributed by atoms with Crippen LogP contribution in [0.1, 0.15) is 31.1 Å². The highest BCUT2D eigenvalue weighted by atomic mass is 19.1. The lowest BCUT2D eigenvalue weighted by Crippen LogP contribution is -2.36. The fourth-order valence-corrected chi connectivity index (χ4v) is 1.64. The molecule has 0 radical (unpaired) electrons. The maximum Gasteiger partial charge on any atom is 0.191 e. The van der Waals surface area contributed by atoms with Gasteiger partial charge in [-0.05, 0) is 19.1 Å². The topological polar surface area (TPSA) is 58.6 Å². The van der Waals surface area contributed by atoms with Gasteiger partial charge in [0.2, 0.25) is 0 Å². The Labute approximate surface area is 119 Å². The minimum atomic E-state index is -0.717. The number of ketones is 1. The summed E-state index contributed by atoms with van der Waals surface area (Å²) in [5, 5.41) is 12.8. The highest BCUT2D eigenvalue weighted by Gasteiger charge is 2.17. The molecular formula is C15H22FNO3. The van der Waals surface area contributed by atoms with E-state index >= 15 is 0 Å². The molecule has 0 aliphatic rings. The lowest BCUT2D eigenvalue weighted by atomic mass is 10.1. The molecule has 2 unspecified atom stereocenters. The van der Waals surface area contributed by atoms with Gasteiger partial charge in [0.1, 0.15) is 11.9 Å². The van der Waals surface area contributed by atoms with Gasteiger partial charge in [0.05, 0.1) is 12.7 Å². The van der Waals surface area contributed by atoms with Crippen molar-refractivity contribution in [1.29, 1.82) is 0 Å². The Hall–Kier alpha value is -1.30. The first-order valence-electron chi connectivity index (χ1n) is 6.73. The van der Waals surface area contributed by atoms with E-state index < -0.39 is 18.0 Å². The zero-order valence-corrected chi connectivity index (χ0v) is 12.1. The fraction of sp³-hybridized carbons (Fsp3) is 0.533. The second kappa shape index (κ2) is 8.09. The maximum atomic E-state index is 13.0. The normalized spacial score (nSPS) is 14.3. The van der Waals surface area contributed by atoms with Crippen LogP contribution in [0, 0.1) is 5.82 Å². The smallest absolute Gasteiger partial charge is 0.191 e. The quantitative estimate of drug-likeness (QED) is 0.714. The summed E-state index contributed by atoms with van der Waals surface area (Å²) < 4.78 is 18.4. The Kier molecular flexibility index (Phi) is 6.78. The van der Waals surface area contributed by atoms with Crippen LogP contribution in [-0.2, 0) is 4.74 Å². The summed E-state index contributed by atoms with van der Waals surface area (Å²) >= 11 is 0. The summed E-state index contributed by atoms with van der Waals surface area (Å²) in [7, 11) is 0. The van der Waals surface area contributed by atoms with Gasteiger partial charge in [0.15, 0.2) is 5.78 Å². The van der Waals surface area contributed by atoms with E-state index in [4.69, 9.17) is 4.74 Å². The molecule has 0 saturated carbocycles. The number of carbonyl (C=O) groups excluding carboxylic acids is 1. The van der Waals surface area contributed by atoms with Gasteiger partial charge < -0.3 is 15.2 Å². The van der Waals surface area contributed by atoms with Gasteiger partial charge in [0.25, 0.3) is 0 Å². The fourth-order valence-electron chi connectivity index (χ4n) is 1.64. The number of aliphatic hydroxyl groups is 1. The number of hydrogen-bond acceptors (Lipinski definition) is 4. The SMILES string of the molecule is CC(C)NCC(O)COC(C)C(=O)c1cccc(F)c1. The zero-order chi connectivity index (χ0) is 15.1. The van der Waals surface area contributed by atoms with Crippen molar-refractivity contribution in [2.24, 2.45) is 0 Å². The van der Waals surface area contributed by atoms with Crippen LogP contribution in [0.4, 0.5) is 4.39 Å². The molecule has 20 heavy (non-hydrogen) atoms. The van der Waals surface area contributed by atoms with Gasteiger partial charge in [-0.3, -0.25) is 4.79 Å². The second-order valence-corrected chi connectivity index (χ2v) is 5.07. The number of benzene rings is 1. The molecular weight excluding hydrogens is 261 g/mol. The summed E-state index contributed by atoms with van der Waals surface area (Å²) in [5.74, 6) is -0.752. The molecule has 1 rings (SSSR count). The standard InChI is InChI=1S/C15H22FNO3/c1-10(2)17-8-14(18)9-20-11(3)15(19)12-5-4-6-13(16)7-12/h4-7,10-11,14,17-18H,8-9H2,1-3H3. The Morgan fingerprint density at radius 2 is 2.10 bits per heavy atom. The van der Waals surface area contributed by atoms with Gasteiger partial charge in [-0.1, -0.05) is 26.0 Å². The average Bonchev–Trinajstić information content (AvgIpc) is 2.41. The first-order chi connectivity index (χ1) is 9.40. The maximum absolute atomic E-state index is 13.0. The molecule has 0 aromatic heterocycles. The molecule has 5 heteroatoms. The van der Waals surface area contributed by atoms with Crippen LogP contribution in [0.5, 0.6) is 0 Å². The molecule has 1 aromatic rings. The highest BCUT2D eigenvalue weighted by Crippen LogP contribution is 2.09. The van der Waals surface area contributed by atoms with Crippen LogP contribution in [-0.4, -0.2) is 42.3 Å². The van der Waals surface area contributed by atoms with Crippen molar-refractivity contribution in [3.63, 3.8) is 0 Å². The molecule has 0 saturated heterocycles. The van der Waals surface area contributed by atoms with E-state index in [0.717, 1.165) is 0 Å². The van der Waals surface area contributed by atoms with E-state index in [0.29, 0.717) is 6.54 Å². The number of hydrogen-bond donors (Lipinski definition) is 2. The minimum absolute atomic E-state index is 0.0575. The van der Waals surface area contributed by atoms with Crippen molar-refractivity contribution in [2.75, 3.05) is 13.2 Å². The molecule has 0 spiro atoms. The van der Waals surface area contributed by atoms with E-state index in [2.05, 4.69) is 5.32 Å². The van der Waals surface area contributed by atoms with Gasteiger partial charge in [-0.15, -0.1) is 0 Å². The molecule has 0 aliphatic heterocycles. The van der Waals surface area contributed by atoms with Crippen LogP contribution in [0.3, 0.4) is 0 Å². The predicted octanol–water partition coefficient (Wildman–Crippen LogP) is 1.77. The predicted molar refractivity (Wildman–Crippen MR) is 75.3 cm³/mol. The summed E-state index contributed by atoms with van der Waals surface area (Å²) in [6.45, 7) is 6.00. The van der Waals surface area contributed by atoms with Crippen molar-refractivity contribution in [2.45, 2.75) is 39.0 Å². The summed E-state index contributed by atoms with van der Waals surface area (Å²) in [6, 6.07) is 5.76. The summed E-state index contributed by atoms with van der Waals surface area (Å²) in [6.07, 6.45) is -1.40. The average molecular weight is 283 g/mol. The number of rotatable bonds is 8. The van der Waals surface area contributed by atoms with E-state index in [-0.39, 0.29) is 24.0 Å². The van der Waals surface area contributed by atoms with Gasteiger partial charge in [-0.25, -0.2) is 4.39 Å². The third-order valence-corrected chi connectivity index (χ3v) is 2.78. The molecule has 0 fully saturated rings. The Balaban J connectivity index is 2.42. The zero-order valence-electron chi connectivity index (χ0n) is 12.1. The Bertz CT molecular complexity index is 437. The van der Waals surface area contributed by atoms with E-state index in [1.165, 1.54) is 18.2 Å². The van der Waals surface area contributed by atoms with E-state index in [9.17, 15) is 14.3 Å². The lowest BCUT2D eigenvalue weighted by molar-refractivity contribution is 0.00373. The van der Waals surface area contributed by atoms with Gasteiger partial charge >= 0.3 is 0 Å². The summed E-state index contributed by atoms with van der Waals surface area (Å²) in [5.41, 5.74) is 0.271. The lowest BCUT2D eigenvalue weighted by Gasteiger charge is -2.17. The molecule has 0 amide bonds. The molecule has 0 aliphatic carbocycles. The van der Waals surface area contributed by atoms with Crippen LogP contribution in [0.15, 0.2) is 24.3 Å². The number of Topliss-reactive ketones (excluding diaryl/α,β-unsaturated/α-hetero) is 1. The first kappa shape index (κ1) is 16.8. The van der Waals surface area contributed by atoms with E-state index in [1.807, 2.05) is 13.8 Å². The van der Waals surface area contributed by atoms with Crippen LogP contribution in [0.2, 0.25) is 0 Å². The number of halogens is 1. The first-order valence-corrected chi connectivity index (χ1v) is 6.73. The molecule has 0 bridgehead atoms. The number of carbonyl (C=O) groups is 1. The number of nitrogens with one attached hydrogen (secondary N) is 1. The molecule has 4 nitrogen and oxygen atoms in total. The second-order valence-electron chi connectivity index (χ2n) is 5.07. The van der Waals surface area contributed by atoms with Crippen molar-refractivity contribution in [1.82, 2.24) is 5.32 Å². The minimum Gasteiger partial charge on any atom is -0.389 e. The third-order valence-electron chi connectivity index (χ3n) is 2.78. The van der Waals surface area contributed by atoms with Crippen molar-refractivity contribution in [3.8, 4) is 0 Å². The van der Waals surface area contributed by atoms with E-state index in [1.54, 1.807) is 13.0 Å². The molecule has 0 heterocycles. The third kappa shape index (κ3) is 5.77. The largest absolute Gasteiger partial charge is 0.389 e. The summed E-state index contributed by atoms with van der Waals surface area (Å²) in [4.78, 5) is 12.0. The van der Waals surface area contributed by atoms with Crippen molar-refractivity contribution in [3.05, 3.63) is 35.6 Å². The van der Waals surface area contributed by atoms with Crippen LogP contribution in [0.25, 0.3) is 0 Å². The Morgan fingerprint density at radius 3 is 2.70 bits per heavy atom. The Morgan fingerprint density at radius 1 is 1.40 bits per heavy atom. The van der Waals surface area contributed by atoms with Gasteiger partial charge in [-0.2, -0.15) is 0 Å². The van der Waals surface area contributed by atoms with Crippen molar-refractivity contribution >= 4 is 5.78 Å². The molecule has 2 N–H and O–H groups in total. The number of aliphatic hydroxyl groups excluding tert-OH is 1.